The van der Waals surface area contributed by atoms with Crippen LogP contribution in [0.25, 0.3) is 0 Å². The lowest BCUT2D eigenvalue weighted by molar-refractivity contribution is -0.383. The molecule has 0 saturated carbocycles. The number of sulfonamides is 1. The molecule has 1 aromatic carbocycles. The molecule has 0 spiro atoms. The van der Waals surface area contributed by atoms with Crippen LogP contribution in [0.1, 0.15) is 6.92 Å². The van der Waals surface area contributed by atoms with Gasteiger partial charge in [-0.05, 0) is 12.1 Å². The zero-order valence-corrected chi connectivity index (χ0v) is 10.3. The highest BCUT2D eigenvalue weighted by Crippen LogP contribution is 2.25. The van der Waals surface area contributed by atoms with Crippen molar-refractivity contribution >= 4 is 21.4 Å². The molecular formula is C9H13N3O4S. The van der Waals surface area contributed by atoms with Crippen LogP contribution in [-0.2, 0) is 10.0 Å². The highest BCUT2D eigenvalue weighted by Gasteiger charge is 2.22. The summed E-state index contributed by atoms with van der Waals surface area (Å²) in [5.74, 6) is 0. The number of nitrogens with zero attached hydrogens (tertiary/aromatic N) is 2. The highest BCUT2D eigenvalue weighted by atomic mass is 32.2. The van der Waals surface area contributed by atoms with Gasteiger partial charge in [0.25, 0.3) is 5.69 Å². The maximum absolute atomic E-state index is 11.9. The Morgan fingerprint density at radius 3 is 2.47 bits per heavy atom. The largest absolute Gasteiger partial charge is 0.393 e. The van der Waals surface area contributed by atoms with Crippen LogP contribution in [0.3, 0.4) is 0 Å². The second-order valence-electron chi connectivity index (χ2n) is 3.40. The van der Waals surface area contributed by atoms with Crippen LogP contribution in [0.15, 0.2) is 23.1 Å². The molecule has 0 saturated heterocycles. The molecule has 0 unspecified atom stereocenters. The van der Waals surface area contributed by atoms with E-state index in [1.807, 2.05) is 0 Å². The second kappa shape index (κ2) is 4.68. The van der Waals surface area contributed by atoms with Crippen molar-refractivity contribution in [3.8, 4) is 0 Å². The number of nitro groups is 1. The van der Waals surface area contributed by atoms with Crippen molar-refractivity contribution in [2.24, 2.45) is 0 Å². The van der Waals surface area contributed by atoms with Crippen molar-refractivity contribution in [3.05, 3.63) is 28.3 Å². The Labute approximate surface area is 99.0 Å². The molecule has 1 rings (SSSR count). The van der Waals surface area contributed by atoms with Gasteiger partial charge >= 0.3 is 0 Å². The van der Waals surface area contributed by atoms with Crippen LogP contribution in [0.5, 0.6) is 0 Å². The van der Waals surface area contributed by atoms with E-state index in [-0.39, 0.29) is 16.3 Å². The lowest BCUT2D eigenvalue weighted by atomic mass is 10.3. The van der Waals surface area contributed by atoms with Gasteiger partial charge in [0, 0.05) is 19.7 Å². The summed E-state index contributed by atoms with van der Waals surface area (Å²) < 4.78 is 24.9. The Morgan fingerprint density at radius 1 is 1.47 bits per heavy atom. The van der Waals surface area contributed by atoms with Crippen molar-refractivity contribution < 1.29 is 13.3 Å². The lowest BCUT2D eigenvalue weighted by Gasteiger charge is -2.14. The van der Waals surface area contributed by atoms with E-state index in [2.05, 4.69) is 0 Å². The third kappa shape index (κ3) is 2.53. The fourth-order valence-electron chi connectivity index (χ4n) is 1.21. The highest BCUT2D eigenvalue weighted by molar-refractivity contribution is 7.89. The zero-order chi connectivity index (χ0) is 13.2. The summed E-state index contributed by atoms with van der Waals surface area (Å²) in [6.07, 6.45) is 0. The zero-order valence-electron chi connectivity index (χ0n) is 9.45. The fraction of sp³-hybridized carbons (Fsp3) is 0.333. The average molecular weight is 259 g/mol. The fourth-order valence-corrected chi connectivity index (χ4v) is 2.42. The molecule has 0 aromatic heterocycles. The van der Waals surface area contributed by atoms with Gasteiger partial charge < -0.3 is 5.73 Å². The molecule has 0 atom stereocenters. The topological polar surface area (TPSA) is 107 Å². The average Bonchev–Trinajstić information content (AvgIpc) is 2.27. The number of hydrogen-bond acceptors (Lipinski definition) is 5. The van der Waals surface area contributed by atoms with Crippen LogP contribution in [0.4, 0.5) is 11.4 Å². The SMILES string of the molecule is CCN(C)S(=O)(=O)c1ccc([N+](=O)[O-])c(N)c1. The molecule has 0 bridgehead atoms. The minimum Gasteiger partial charge on any atom is -0.393 e. The molecule has 7 nitrogen and oxygen atoms in total. The molecule has 0 aliphatic rings. The minimum absolute atomic E-state index is 0.0510. The molecule has 0 aliphatic heterocycles. The van der Waals surface area contributed by atoms with E-state index in [0.29, 0.717) is 6.54 Å². The van der Waals surface area contributed by atoms with E-state index >= 15 is 0 Å². The molecule has 0 amide bonds. The van der Waals surface area contributed by atoms with Gasteiger partial charge in [0.2, 0.25) is 10.0 Å². The normalized spacial score (nSPS) is 11.7. The molecule has 8 heteroatoms. The minimum atomic E-state index is -3.62. The molecular weight excluding hydrogens is 246 g/mol. The summed E-state index contributed by atoms with van der Waals surface area (Å²) in [7, 11) is -2.20. The molecule has 0 heterocycles. The van der Waals surface area contributed by atoms with Crippen LogP contribution in [0.2, 0.25) is 0 Å². The third-order valence-corrected chi connectivity index (χ3v) is 4.28. The third-order valence-electron chi connectivity index (χ3n) is 2.35. The Hall–Kier alpha value is -1.67. The number of nitro benzene ring substituents is 1. The molecule has 0 fully saturated rings. The first-order chi connectivity index (χ1) is 7.80. The van der Waals surface area contributed by atoms with Gasteiger partial charge in [0.15, 0.2) is 0 Å². The Kier molecular flexibility index (Phi) is 3.69. The first-order valence-electron chi connectivity index (χ1n) is 4.81. The van der Waals surface area contributed by atoms with Crippen molar-refractivity contribution in [3.63, 3.8) is 0 Å². The van der Waals surface area contributed by atoms with E-state index in [1.54, 1.807) is 6.92 Å². The van der Waals surface area contributed by atoms with Crippen molar-refractivity contribution in [2.45, 2.75) is 11.8 Å². The number of nitrogen functional groups attached to an aromatic ring is 1. The predicted molar refractivity (Wildman–Crippen MR) is 63.0 cm³/mol. The Balaban J connectivity index is 3.28. The van der Waals surface area contributed by atoms with Gasteiger partial charge in [-0.2, -0.15) is 0 Å². The Morgan fingerprint density at radius 2 is 2.06 bits per heavy atom. The maximum Gasteiger partial charge on any atom is 0.292 e. The Bertz CT molecular complexity index is 541. The number of hydrogen-bond donors (Lipinski definition) is 1. The van der Waals surface area contributed by atoms with Gasteiger partial charge in [-0.25, -0.2) is 12.7 Å². The van der Waals surface area contributed by atoms with E-state index in [9.17, 15) is 18.5 Å². The first-order valence-corrected chi connectivity index (χ1v) is 6.25. The molecule has 0 radical (unpaired) electrons. The van der Waals surface area contributed by atoms with Gasteiger partial charge in [-0.3, -0.25) is 10.1 Å². The number of nitrogens with two attached hydrogens (primary N) is 1. The van der Waals surface area contributed by atoms with E-state index in [4.69, 9.17) is 5.73 Å². The molecule has 17 heavy (non-hydrogen) atoms. The smallest absolute Gasteiger partial charge is 0.292 e. The molecule has 2 N–H and O–H groups in total. The summed E-state index contributed by atoms with van der Waals surface area (Å²) in [5.41, 5.74) is 4.97. The lowest BCUT2D eigenvalue weighted by Crippen LogP contribution is -2.26. The van der Waals surface area contributed by atoms with Gasteiger partial charge in [0.05, 0.1) is 9.82 Å². The van der Waals surface area contributed by atoms with Crippen LogP contribution < -0.4 is 5.73 Å². The summed E-state index contributed by atoms with van der Waals surface area (Å²) in [4.78, 5) is 9.83. The van der Waals surface area contributed by atoms with E-state index < -0.39 is 14.9 Å². The van der Waals surface area contributed by atoms with Gasteiger partial charge in [-0.15, -0.1) is 0 Å². The molecule has 1 aromatic rings. The maximum atomic E-state index is 11.9. The van der Waals surface area contributed by atoms with Crippen molar-refractivity contribution in [2.75, 3.05) is 19.3 Å². The van der Waals surface area contributed by atoms with Crippen LogP contribution in [0, 0.1) is 10.1 Å². The van der Waals surface area contributed by atoms with E-state index in [1.165, 1.54) is 13.1 Å². The van der Waals surface area contributed by atoms with E-state index in [0.717, 1.165) is 16.4 Å². The van der Waals surface area contributed by atoms with Crippen molar-refractivity contribution in [1.29, 1.82) is 0 Å². The number of anilines is 1. The summed E-state index contributed by atoms with van der Waals surface area (Å²) in [6.45, 7) is 1.99. The van der Waals surface area contributed by atoms with Crippen LogP contribution in [-0.4, -0.2) is 31.2 Å². The summed E-state index contributed by atoms with van der Waals surface area (Å²) >= 11 is 0. The van der Waals surface area contributed by atoms with Crippen molar-refractivity contribution in [1.82, 2.24) is 4.31 Å². The van der Waals surface area contributed by atoms with Gasteiger partial charge in [-0.1, -0.05) is 6.92 Å². The monoisotopic (exact) mass is 259 g/mol. The second-order valence-corrected chi connectivity index (χ2v) is 5.44. The number of benzene rings is 1. The summed E-state index contributed by atoms with van der Waals surface area (Å²) in [5, 5.41) is 10.5. The quantitative estimate of drug-likeness (QED) is 0.489. The first kappa shape index (κ1) is 13.4. The predicted octanol–water partition coefficient (Wildman–Crippen LogP) is 0.817. The number of rotatable bonds is 4. The summed E-state index contributed by atoms with van der Waals surface area (Å²) in [6, 6.07) is 3.36. The molecule has 0 aliphatic carbocycles. The van der Waals surface area contributed by atoms with Crippen LogP contribution >= 0.6 is 0 Å². The molecule has 94 valence electrons. The standard InChI is InChI=1S/C9H13N3O4S/c1-3-11(2)17(15,16)7-4-5-9(12(13)14)8(10)6-7/h4-6H,3,10H2,1-2H3. The van der Waals surface area contributed by atoms with Gasteiger partial charge in [0.1, 0.15) is 5.69 Å².